The Morgan fingerprint density at radius 2 is 2.05 bits per heavy atom. The molecule has 4 unspecified atom stereocenters. The zero-order chi connectivity index (χ0) is 13.2. The third-order valence-corrected chi connectivity index (χ3v) is 5.59. The van der Waals surface area contributed by atoms with Gasteiger partial charge in [-0.15, -0.1) is 0 Å². The van der Waals surface area contributed by atoms with Crippen molar-refractivity contribution in [1.29, 1.82) is 0 Å². The summed E-state index contributed by atoms with van der Waals surface area (Å²) in [6, 6.07) is 9.34. The van der Waals surface area contributed by atoms with Crippen LogP contribution >= 0.6 is 0 Å². The second-order valence-corrected chi connectivity index (χ2v) is 6.62. The Bertz CT molecular complexity index is 425. The minimum Gasteiger partial charge on any atom is -0.327 e. The Hall–Kier alpha value is -0.820. The highest BCUT2D eigenvalue weighted by atomic mass is 14.7. The van der Waals surface area contributed by atoms with Crippen LogP contribution in [-0.4, -0.2) is 6.04 Å². The molecule has 2 N–H and O–H groups in total. The van der Waals surface area contributed by atoms with Gasteiger partial charge in [-0.2, -0.15) is 0 Å². The van der Waals surface area contributed by atoms with E-state index in [0.29, 0.717) is 12.0 Å². The molecule has 104 valence electrons. The van der Waals surface area contributed by atoms with E-state index in [1.165, 1.54) is 44.9 Å². The van der Waals surface area contributed by atoms with Crippen molar-refractivity contribution in [3.8, 4) is 0 Å². The highest BCUT2D eigenvalue weighted by Gasteiger charge is 2.34. The van der Waals surface area contributed by atoms with Crippen molar-refractivity contribution in [3.63, 3.8) is 0 Å². The third kappa shape index (κ3) is 2.58. The first-order valence-electron chi connectivity index (χ1n) is 8.13. The average molecular weight is 257 g/mol. The number of aryl methyl sites for hydroxylation is 1. The fraction of sp³-hybridized carbons (Fsp3) is 0.667. The Labute approximate surface area is 117 Å². The van der Waals surface area contributed by atoms with Gasteiger partial charge in [0.15, 0.2) is 0 Å². The van der Waals surface area contributed by atoms with Gasteiger partial charge in [-0.25, -0.2) is 0 Å². The molecule has 0 spiro atoms. The lowest BCUT2D eigenvalue weighted by molar-refractivity contribution is 0.213. The van der Waals surface area contributed by atoms with Gasteiger partial charge in [-0.05, 0) is 54.6 Å². The van der Waals surface area contributed by atoms with Crippen molar-refractivity contribution in [1.82, 2.24) is 0 Å². The first-order chi connectivity index (χ1) is 9.29. The molecule has 0 amide bonds. The summed E-state index contributed by atoms with van der Waals surface area (Å²) < 4.78 is 0. The molecule has 0 aliphatic heterocycles. The predicted molar refractivity (Wildman–Crippen MR) is 81.2 cm³/mol. The monoisotopic (exact) mass is 257 g/mol. The van der Waals surface area contributed by atoms with Gasteiger partial charge in [0.2, 0.25) is 0 Å². The summed E-state index contributed by atoms with van der Waals surface area (Å²) in [4.78, 5) is 0. The zero-order valence-corrected chi connectivity index (χ0v) is 12.1. The van der Waals surface area contributed by atoms with Crippen LogP contribution in [0.1, 0.15) is 62.5 Å². The maximum absolute atomic E-state index is 6.69. The molecule has 1 heteroatoms. The summed E-state index contributed by atoms with van der Waals surface area (Å²) in [5, 5.41) is 0. The molecule has 2 aliphatic rings. The highest BCUT2D eigenvalue weighted by molar-refractivity contribution is 5.36. The summed E-state index contributed by atoms with van der Waals surface area (Å²) in [6.45, 7) is 2.34. The van der Waals surface area contributed by atoms with Crippen molar-refractivity contribution < 1.29 is 0 Å². The van der Waals surface area contributed by atoms with Crippen molar-refractivity contribution in [2.24, 2.45) is 17.6 Å². The summed E-state index contributed by atoms with van der Waals surface area (Å²) in [5.74, 6) is 2.31. The van der Waals surface area contributed by atoms with Gasteiger partial charge < -0.3 is 5.73 Å². The van der Waals surface area contributed by atoms with Crippen LogP contribution in [0.25, 0.3) is 0 Å². The van der Waals surface area contributed by atoms with Gasteiger partial charge in [0.05, 0.1) is 0 Å². The van der Waals surface area contributed by atoms with Crippen LogP contribution in [0.4, 0.5) is 0 Å². The maximum atomic E-state index is 6.69. The van der Waals surface area contributed by atoms with Crippen LogP contribution in [0.15, 0.2) is 24.3 Å². The third-order valence-electron chi connectivity index (χ3n) is 5.59. The lowest BCUT2D eigenvalue weighted by Gasteiger charge is -2.35. The molecule has 0 heterocycles. The predicted octanol–water partition coefficient (Wildman–Crippen LogP) is 4.26. The molecule has 1 aromatic rings. The second-order valence-electron chi connectivity index (χ2n) is 6.62. The number of hydrogen-bond donors (Lipinski definition) is 1. The van der Waals surface area contributed by atoms with Crippen molar-refractivity contribution >= 4 is 0 Å². The molecule has 1 saturated carbocycles. The summed E-state index contributed by atoms with van der Waals surface area (Å²) >= 11 is 0. The molecule has 0 bridgehead atoms. The molecule has 0 aromatic heterocycles. The molecule has 1 nitrogen and oxygen atoms in total. The molecule has 4 atom stereocenters. The largest absolute Gasteiger partial charge is 0.327 e. The molecule has 1 aromatic carbocycles. The molecule has 3 rings (SSSR count). The Balaban J connectivity index is 1.72. The summed E-state index contributed by atoms with van der Waals surface area (Å²) in [6.07, 6.45) is 9.40. The smallest absolute Gasteiger partial charge is 0.0137 e. The minimum atomic E-state index is 0.387. The first kappa shape index (κ1) is 13.2. The van der Waals surface area contributed by atoms with E-state index in [1.807, 2.05) is 0 Å². The van der Waals surface area contributed by atoms with Gasteiger partial charge in [0, 0.05) is 6.04 Å². The first-order valence-corrected chi connectivity index (χ1v) is 8.13. The van der Waals surface area contributed by atoms with Crippen LogP contribution in [-0.2, 0) is 6.42 Å². The van der Waals surface area contributed by atoms with Gasteiger partial charge in [0.1, 0.15) is 0 Å². The molecule has 19 heavy (non-hydrogen) atoms. The summed E-state index contributed by atoms with van der Waals surface area (Å²) in [5.41, 5.74) is 9.78. The van der Waals surface area contributed by atoms with E-state index < -0.39 is 0 Å². The molecule has 0 saturated heterocycles. The number of rotatable bonds is 3. The standard InChI is InChI=1S/C18H27N/c1-2-13-6-5-8-15(12-13)18(19)17-11-10-14-7-3-4-9-16(14)17/h3-4,7,9,13,15,17-18H,2,5-6,8,10-12,19H2,1H3. The Morgan fingerprint density at radius 1 is 1.21 bits per heavy atom. The SMILES string of the molecule is CCC1CCCC(C(N)C2CCc3ccccc32)C1. The maximum Gasteiger partial charge on any atom is 0.0137 e. The fourth-order valence-corrected chi connectivity index (χ4v) is 4.37. The van der Waals surface area contributed by atoms with E-state index in [4.69, 9.17) is 5.73 Å². The van der Waals surface area contributed by atoms with E-state index in [1.54, 1.807) is 11.1 Å². The van der Waals surface area contributed by atoms with E-state index >= 15 is 0 Å². The fourth-order valence-electron chi connectivity index (χ4n) is 4.37. The number of hydrogen-bond acceptors (Lipinski definition) is 1. The quantitative estimate of drug-likeness (QED) is 0.860. The highest BCUT2D eigenvalue weighted by Crippen LogP contribution is 2.41. The number of nitrogens with two attached hydrogens (primary N) is 1. The van der Waals surface area contributed by atoms with Gasteiger partial charge in [-0.1, -0.05) is 50.5 Å². The normalized spacial score (nSPS) is 32.0. The van der Waals surface area contributed by atoms with Crippen LogP contribution < -0.4 is 5.73 Å². The second kappa shape index (κ2) is 5.66. The van der Waals surface area contributed by atoms with E-state index in [0.717, 1.165) is 11.8 Å². The van der Waals surface area contributed by atoms with Crippen LogP contribution in [0.5, 0.6) is 0 Å². The Kier molecular flexibility index (Phi) is 3.93. The molecule has 1 fully saturated rings. The van der Waals surface area contributed by atoms with Gasteiger partial charge in [-0.3, -0.25) is 0 Å². The summed E-state index contributed by atoms with van der Waals surface area (Å²) in [7, 11) is 0. The van der Waals surface area contributed by atoms with Crippen molar-refractivity contribution in [3.05, 3.63) is 35.4 Å². The number of benzene rings is 1. The van der Waals surface area contributed by atoms with Crippen LogP contribution in [0, 0.1) is 11.8 Å². The van der Waals surface area contributed by atoms with E-state index in [-0.39, 0.29) is 0 Å². The molecular formula is C18H27N. The average Bonchev–Trinajstić information content (AvgIpc) is 2.90. The lowest BCUT2D eigenvalue weighted by atomic mass is 9.73. The van der Waals surface area contributed by atoms with E-state index in [9.17, 15) is 0 Å². The minimum absolute atomic E-state index is 0.387. The van der Waals surface area contributed by atoms with Crippen molar-refractivity contribution in [2.75, 3.05) is 0 Å². The van der Waals surface area contributed by atoms with E-state index in [2.05, 4.69) is 31.2 Å². The topological polar surface area (TPSA) is 26.0 Å². The Morgan fingerprint density at radius 3 is 2.89 bits per heavy atom. The zero-order valence-electron chi connectivity index (χ0n) is 12.1. The van der Waals surface area contributed by atoms with Gasteiger partial charge >= 0.3 is 0 Å². The molecular weight excluding hydrogens is 230 g/mol. The van der Waals surface area contributed by atoms with Crippen LogP contribution in [0.3, 0.4) is 0 Å². The van der Waals surface area contributed by atoms with Crippen molar-refractivity contribution in [2.45, 2.75) is 63.8 Å². The molecule has 2 aliphatic carbocycles. The lowest BCUT2D eigenvalue weighted by Crippen LogP contribution is -2.38. The number of fused-ring (bicyclic) bond motifs is 1. The van der Waals surface area contributed by atoms with Crippen LogP contribution in [0.2, 0.25) is 0 Å². The van der Waals surface area contributed by atoms with Gasteiger partial charge in [0.25, 0.3) is 0 Å². The molecule has 0 radical (unpaired) electrons.